The van der Waals surface area contributed by atoms with Gasteiger partial charge < -0.3 is 10.3 Å². The number of nitrogens with zero attached hydrogens (tertiary/aromatic N) is 2. The van der Waals surface area contributed by atoms with Gasteiger partial charge in [0.25, 0.3) is 0 Å². The van der Waals surface area contributed by atoms with Crippen LogP contribution in [0.15, 0.2) is 0 Å². The molecule has 0 spiro atoms. The predicted molar refractivity (Wildman–Crippen MR) is 47.4 cm³/mol. The lowest BCUT2D eigenvalue weighted by molar-refractivity contribution is -0.127. The van der Waals surface area contributed by atoms with Crippen molar-refractivity contribution in [3.8, 4) is 0 Å². The minimum Gasteiger partial charge on any atom is -0.376 e. The van der Waals surface area contributed by atoms with E-state index >= 15 is 0 Å². The zero-order chi connectivity index (χ0) is 9.84. The molecule has 1 saturated heterocycles. The number of ether oxygens (including phenoxy) is 1. The monoisotopic (exact) mass is 182 g/mol. The first-order valence-electron chi connectivity index (χ1n) is 4.50. The van der Waals surface area contributed by atoms with Crippen LogP contribution < -0.4 is 0 Å². The van der Waals surface area contributed by atoms with Crippen molar-refractivity contribution in [3.63, 3.8) is 0 Å². The summed E-state index contributed by atoms with van der Waals surface area (Å²) in [7, 11) is 0. The smallest absolute Gasteiger partial charge is 0.323 e. The first-order chi connectivity index (χ1) is 6.13. The molecule has 1 heterocycles. The Kier molecular flexibility index (Phi) is 3.34. The summed E-state index contributed by atoms with van der Waals surface area (Å²) in [4.78, 5) is 14.1. The van der Waals surface area contributed by atoms with Gasteiger partial charge in [-0.3, -0.25) is 4.79 Å². The van der Waals surface area contributed by atoms with Gasteiger partial charge in [-0.25, -0.2) is 0 Å². The molecular weight excluding hydrogens is 168 g/mol. The standard InChI is InChI=1S/C9H14N2O2/c1-6-3-8(4-7(2)13-6)9(12)5-11-10/h5-8H,3-4H2,1-2H3/t6-,7+,8?. The number of Topliss-reactive ketones (excluding diaryl/α,β-unsaturated/α-hetero) is 1. The Morgan fingerprint density at radius 1 is 1.46 bits per heavy atom. The van der Waals surface area contributed by atoms with Gasteiger partial charge in [0.2, 0.25) is 5.78 Å². The van der Waals surface area contributed by atoms with Crippen LogP contribution in [0.5, 0.6) is 0 Å². The van der Waals surface area contributed by atoms with Gasteiger partial charge in [0.1, 0.15) is 0 Å². The first kappa shape index (κ1) is 10.1. The second-order valence-electron chi connectivity index (χ2n) is 3.57. The molecule has 0 radical (unpaired) electrons. The van der Waals surface area contributed by atoms with E-state index in [9.17, 15) is 4.79 Å². The third kappa shape index (κ3) is 2.76. The lowest BCUT2D eigenvalue weighted by Gasteiger charge is -2.29. The molecule has 0 bridgehead atoms. The lowest BCUT2D eigenvalue weighted by Crippen LogP contribution is -2.33. The third-order valence-electron chi connectivity index (χ3n) is 2.28. The molecule has 3 atom stereocenters. The molecule has 13 heavy (non-hydrogen) atoms. The van der Waals surface area contributed by atoms with Crippen LogP contribution in [0.3, 0.4) is 0 Å². The molecular formula is C9H14N2O2. The summed E-state index contributed by atoms with van der Waals surface area (Å²) in [6.45, 7) is 3.90. The summed E-state index contributed by atoms with van der Waals surface area (Å²) in [5, 5.41) is 0. The van der Waals surface area contributed by atoms with E-state index < -0.39 is 0 Å². The highest BCUT2D eigenvalue weighted by Crippen LogP contribution is 2.24. The van der Waals surface area contributed by atoms with Crippen LogP contribution in [0.2, 0.25) is 0 Å². The Hall–Kier alpha value is -0.990. The maximum atomic E-state index is 11.3. The van der Waals surface area contributed by atoms with E-state index in [-0.39, 0.29) is 23.9 Å². The van der Waals surface area contributed by atoms with Crippen LogP contribution >= 0.6 is 0 Å². The summed E-state index contributed by atoms with van der Waals surface area (Å²) in [6.07, 6.45) is 2.65. The van der Waals surface area contributed by atoms with Crippen molar-refractivity contribution in [1.82, 2.24) is 0 Å². The molecule has 1 rings (SSSR count). The average Bonchev–Trinajstić information content (AvgIpc) is 2.03. The minimum absolute atomic E-state index is 0.0466. The highest BCUT2D eigenvalue weighted by molar-refractivity contribution is 6.26. The van der Waals surface area contributed by atoms with Crippen molar-refractivity contribution in [1.29, 1.82) is 0 Å². The van der Waals surface area contributed by atoms with E-state index in [2.05, 4.69) is 4.79 Å². The summed E-state index contributed by atoms with van der Waals surface area (Å²) in [5.74, 6) is -0.154. The second-order valence-corrected chi connectivity index (χ2v) is 3.57. The van der Waals surface area contributed by atoms with E-state index in [4.69, 9.17) is 10.3 Å². The Bertz CT molecular complexity index is 236. The molecule has 0 saturated carbocycles. The van der Waals surface area contributed by atoms with Crippen molar-refractivity contribution in [2.75, 3.05) is 0 Å². The maximum Gasteiger partial charge on any atom is 0.323 e. The molecule has 0 amide bonds. The van der Waals surface area contributed by atoms with Gasteiger partial charge >= 0.3 is 6.21 Å². The molecule has 1 unspecified atom stereocenters. The molecule has 0 aliphatic carbocycles. The Morgan fingerprint density at radius 3 is 2.46 bits per heavy atom. The summed E-state index contributed by atoms with van der Waals surface area (Å²) < 4.78 is 5.49. The van der Waals surface area contributed by atoms with E-state index in [1.807, 2.05) is 13.8 Å². The van der Waals surface area contributed by atoms with Crippen LogP contribution in [0.1, 0.15) is 26.7 Å². The zero-order valence-electron chi connectivity index (χ0n) is 7.93. The van der Waals surface area contributed by atoms with E-state index in [0.717, 1.165) is 19.1 Å². The zero-order valence-corrected chi connectivity index (χ0v) is 7.93. The van der Waals surface area contributed by atoms with Gasteiger partial charge in [-0.05, 0) is 26.7 Å². The van der Waals surface area contributed by atoms with E-state index in [1.165, 1.54) is 0 Å². The number of hydrogen-bond donors (Lipinski definition) is 0. The first-order valence-corrected chi connectivity index (χ1v) is 4.50. The number of rotatable bonds is 2. The second kappa shape index (κ2) is 4.30. The van der Waals surface area contributed by atoms with Crippen LogP contribution in [0.25, 0.3) is 5.53 Å². The minimum atomic E-state index is -0.107. The summed E-state index contributed by atoms with van der Waals surface area (Å²) >= 11 is 0. The lowest BCUT2D eigenvalue weighted by atomic mass is 9.89. The predicted octanol–water partition coefficient (Wildman–Crippen LogP) is 1.06. The van der Waals surface area contributed by atoms with Crippen molar-refractivity contribution in [2.24, 2.45) is 5.92 Å². The molecule has 72 valence electrons. The van der Waals surface area contributed by atoms with Crippen molar-refractivity contribution < 1.29 is 14.3 Å². The number of hydrogen-bond acceptors (Lipinski definition) is 2. The largest absolute Gasteiger partial charge is 0.376 e. The van der Waals surface area contributed by atoms with Gasteiger partial charge in [-0.2, -0.15) is 4.79 Å². The fraction of sp³-hybridized carbons (Fsp3) is 0.778. The van der Waals surface area contributed by atoms with E-state index in [0.29, 0.717) is 0 Å². The molecule has 0 N–H and O–H groups in total. The third-order valence-corrected chi connectivity index (χ3v) is 2.28. The molecule has 1 aliphatic heterocycles. The number of carbonyl (C=O) groups excluding carboxylic acids is 1. The molecule has 1 fully saturated rings. The van der Waals surface area contributed by atoms with Gasteiger partial charge in [0, 0.05) is 5.92 Å². The fourth-order valence-electron chi connectivity index (χ4n) is 1.80. The quantitative estimate of drug-likeness (QED) is 0.364. The van der Waals surface area contributed by atoms with Crippen LogP contribution in [-0.4, -0.2) is 29.0 Å². The van der Waals surface area contributed by atoms with Crippen LogP contribution in [0.4, 0.5) is 0 Å². The normalized spacial score (nSPS) is 33.5. The van der Waals surface area contributed by atoms with Crippen LogP contribution in [0, 0.1) is 5.92 Å². The fourth-order valence-corrected chi connectivity index (χ4v) is 1.80. The molecule has 0 aromatic heterocycles. The molecule has 4 nitrogen and oxygen atoms in total. The van der Waals surface area contributed by atoms with Crippen LogP contribution in [-0.2, 0) is 9.53 Å². The summed E-state index contributed by atoms with van der Waals surface area (Å²) in [5.41, 5.74) is 8.22. The van der Waals surface area contributed by atoms with Crippen molar-refractivity contribution in [2.45, 2.75) is 38.9 Å². The summed E-state index contributed by atoms with van der Waals surface area (Å²) in [6, 6.07) is 0. The van der Waals surface area contributed by atoms with Gasteiger partial charge in [-0.15, -0.1) is 0 Å². The maximum absolute atomic E-state index is 11.3. The topological polar surface area (TPSA) is 62.7 Å². The average molecular weight is 182 g/mol. The molecule has 4 heteroatoms. The van der Waals surface area contributed by atoms with Crippen molar-refractivity contribution >= 4 is 12.0 Å². The highest BCUT2D eigenvalue weighted by Gasteiger charge is 2.30. The Labute approximate surface area is 77.5 Å². The molecule has 0 aromatic carbocycles. The van der Waals surface area contributed by atoms with Crippen molar-refractivity contribution in [3.05, 3.63) is 5.53 Å². The number of ketones is 1. The van der Waals surface area contributed by atoms with E-state index in [1.54, 1.807) is 0 Å². The Morgan fingerprint density at radius 2 is 2.00 bits per heavy atom. The molecule has 1 aliphatic rings. The molecule has 0 aromatic rings. The Balaban J connectivity index is 2.59. The SMILES string of the molecule is C[C@@H]1CC(C(=O)C=[N+]=[N-])C[C@H](C)O1. The van der Waals surface area contributed by atoms with Gasteiger partial charge in [0.05, 0.1) is 12.2 Å². The van der Waals surface area contributed by atoms with Gasteiger partial charge in [0.15, 0.2) is 0 Å². The van der Waals surface area contributed by atoms with Gasteiger partial charge in [-0.1, -0.05) is 0 Å². The number of carbonyl (C=O) groups is 1. The highest BCUT2D eigenvalue weighted by atomic mass is 16.5.